The van der Waals surface area contributed by atoms with Crippen LogP contribution in [-0.2, 0) is 5.75 Å². The van der Waals surface area contributed by atoms with Gasteiger partial charge in [-0.25, -0.2) is 0 Å². The summed E-state index contributed by atoms with van der Waals surface area (Å²) in [5.74, 6) is 4.42. The quantitative estimate of drug-likeness (QED) is 0.540. The number of hydrogen-bond donors (Lipinski definition) is 1. The highest BCUT2D eigenvalue weighted by Gasteiger charge is 2.00. The average Bonchev–Trinajstić information content (AvgIpc) is 2.63. The topological polar surface area (TPSA) is 13.1 Å². The summed E-state index contributed by atoms with van der Waals surface area (Å²) in [4.78, 5) is 0. The van der Waals surface area contributed by atoms with Crippen LogP contribution in [0.5, 0.6) is 0 Å². The number of thiol groups is 1. The number of rotatable bonds is 8. The minimum atomic E-state index is 1.02. The summed E-state index contributed by atoms with van der Waals surface area (Å²) in [6, 6.07) is 2.03. The van der Waals surface area contributed by atoms with Gasteiger partial charge in [-0.2, -0.15) is 24.4 Å². The van der Waals surface area contributed by atoms with E-state index in [1.807, 2.05) is 17.8 Å². The summed E-state index contributed by atoms with van der Waals surface area (Å²) in [5.41, 5.74) is 1.28. The van der Waals surface area contributed by atoms with Crippen molar-refractivity contribution in [3.63, 3.8) is 0 Å². The summed E-state index contributed by atoms with van der Waals surface area (Å²) in [7, 11) is 0. The molecule has 0 aromatic carbocycles. The second-order valence-corrected chi connectivity index (χ2v) is 5.27. The molecule has 0 spiro atoms. The first-order valence-electron chi connectivity index (χ1n) is 5.56. The van der Waals surface area contributed by atoms with E-state index in [4.69, 9.17) is 4.42 Å². The van der Waals surface area contributed by atoms with Crippen molar-refractivity contribution in [3.05, 3.63) is 23.7 Å². The van der Waals surface area contributed by atoms with Crippen LogP contribution in [0.25, 0.3) is 0 Å². The summed E-state index contributed by atoms with van der Waals surface area (Å²) in [5, 5.41) is 0. The molecule has 0 bridgehead atoms. The third-order valence-corrected chi connectivity index (χ3v) is 3.76. The van der Waals surface area contributed by atoms with Crippen LogP contribution in [0.3, 0.4) is 0 Å². The van der Waals surface area contributed by atoms with Gasteiger partial charge < -0.3 is 4.42 Å². The largest absolute Gasteiger partial charge is 0.468 e. The monoisotopic (exact) mass is 244 g/mol. The molecule has 3 heteroatoms. The summed E-state index contributed by atoms with van der Waals surface area (Å²) in [6.45, 7) is 2.10. The van der Waals surface area contributed by atoms with Crippen LogP contribution < -0.4 is 0 Å². The standard InChI is InChI=1S/C12H20OS2/c1-11-6-7-13-12(11)10-15-9-5-3-2-4-8-14/h6-7,14H,2-5,8-10H2,1H3. The van der Waals surface area contributed by atoms with Gasteiger partial charge in [0, 0.05) is 0 Å². The molecule has 0 saturated carbocycles. The zero-order valence-corrected chi connectivity index (χ0v) is 11.1. The summed E-state index contributed by atoms with van der Waals surface area (Å²) >= 11 is 6.17. The third-order valence-electron chi connectivity index (χ3n) is 2.40. The van der Waals surface area contributed by atoms with Crippen molar-refractivity contribution in [1.29, 1.82) is 0 Å². The van der Waals surface area contributed by atoms with E-state index in [2.05, 4.69) is 19.6 Å². The highest BCUT2D eigenvalue weighted by atomic mass is 32.2. The molecule has 0 unspecified atom stereocenters. The molecule has 0 aliphatic carbocycles. The Labute approximate surface area is 102 Å². The first-order valence-corrected chi connectivity index (χ1v) is 7.35. The molecule has 0 amide bonds. The SMILES string of the molecule is Cc1ccoc1CSCCCCCCS. The molecule has 1 heterocycles. The van der Waals surface area contributed by atoms with Crippen LogP contribution in [-0.4, -0.2) is 11.5 Å². The molecule has 0 aliphatic rings. The van der Waals surface area contributed by atoms with E-state index in [0.717, 1.165) is 17.3 Å². The predicted molar refractivity (Wildman–Crippen MR) is 71.9 cm³/mol. The Kier molecular flexibility index (Phi) is 7.11. The Hall–Kier alpha value is -0.0200. The van der Waals surface area contributed by atoms with E-state index in [1.54, 1.807) is 6.26 Å². The van der Waals surface area contributed by atoms with Crippen molar-refractivity contribution >= 4 is 24.4 Å². The molecule has 0 saturated heterocycles. The van der Waals surface area contributed by atoms with Gasteiger partial charge in [-0.1, -0.05) is 12.8 Å². The second-order valence-electron chi connectivity index (χ2n) is 3.72. The van der Waals surface area contributed by atoms with Crippen molar-refractivity contribution in [2.24, 2.45) is 0 Å². The Morgan fingerprint density at radius 2 is 2.07 bits per heavy atom. The lowest BCUT2D eigenvalue weighted by Crippen LogP contribution is -1.85. The van der Waals surface area contributed by atoms with E-state index in [9.17, 15) is 0 Å². The van der Waals surface area contributed by atoms with Crippen molar-refractivity contribution in [2.45, 2.75) is 38.4 Å². The lowest BCUT2D eigenvalue weighted by atomic mass is 10.2. The number of unbranched alkanes of at least 4 members (excludes halogenated alkanes) is 3. The van der Waals surface area contributed by atoms with E-state index in [1.165, 1.54) is 37.0 Å². The highest BCUT2D eigenvalue weighted by Crippen LogP contribution is 2.18. The first kappa shape index (κ1) is 13.0. The van der Waals surface area contributed by atoms with Gasteiger partial charge in [-0.05, 0) is 42.9 Å². The zero-order valence-electron chi connectivity index (χ0n) is 9.37. The van der Waals surface area contributed by atoms with Gasteiger partial charge in [-0.3, -0.25) is 0 Å². The molecular formula is C12H20OS2. The minimum absolute atomic E-state index is 1.02. The molecule has 15 heavy (non-hydrogen) atoms. The fraction of sp³-hybridized carbons (Fsp3) is 0.667. The van der Waals surface area contributed by atoms with Crippen molar-refractivity contribution in [2.75, 3.05) is 11.5 Å². The Morgan fingerprint density at radius 3 is 2.73 bits per heavy atom. The lowest BCUT2D eigenvalue weighted by molar-refractivity contribution is 0.528. The number of furan rings is 1. The molecule has 0 radical (unpaired) electrons. The van der Waals surface area contributed by atoms with Crippen LogP contribution in [0.4, 0.5) is 0 Å². The van der Waals surface area contributed by atoms with Gasteiger partial charge in [0.05, 0.1) is 12.0 Å². The van der Waals surface area contributed by atoms with Gasteiger partial charge in [0.2, 0.25) is 0 Å². The van der Waals surface area contributed by atoms with Crippen LogP contribution in [0, 0.1) is 6.92 Å². The van der Waals surface area contributed by atoms with Gasteiger partial charge in [0.15, 0.2) is 0 Å². The third kappa shape index (κ3) is 5.57. The number of thioether (sulfide) groups is 1. The van der Waals surface area contributed by atoms with Crippen LogP contribution >= 0.6 is 24.4 Å². The molecule has 1 nitrogen and oxygen atoms in total. The lowest BCUT2D eigenvalue weighted by Gasteiger charge is -2.00. The maximum Gasteiger partial charge on any atom is 0.116 e. The van der Waals surface area contributed by atoms with Gasteiger partial charge in [0.1, 0.15) is 5.76 Å². The van der Waals surface area contributed by atoms with E-state index in [0.29, 0.717) is 0 Å². The number of aryl methyl sites for hydroxylation is 1. The van der Waals surface area contributed by atoms with Gasteiger partial charge in [-0.15, -0.1) is 0 Å². The Bertz CT molecular complexity index is 258. The molecule has 0 fully saturated rings. The molecular weight excluding hydrogens is 224 g/mol. The highest BCUT2D eigenvalue weighted by molar-refractivity contribution is 7.98. The Balaban J connectivity index is 1.96. The summed E-state index contributed by atoms with van der Waals surface area (Å²) in [6.07, 6.45) is 7.01. The molecule has 0 N–H and O–H groups in total. The molecule has 1 aromatic rings. The van der Waals surface area contributed by atoms with Gasteiger partial charge in [0.25, 0.3) is 0 Å². The fourth-order valence-corrected chi connectivity index (χ4v) is 2.64. The maximum absolute atomic E-state index is 5.38. The molecule has 0 atom stereocenters. The van der Waals surface area contributed by atoms with Crippen molar-refractivity contribution in [1.82, 2.24) is 0 Å². The first-order chi connectivity index (χ1) is 7.34. The smallest absolute Gasteiger partial charge is 0.116 e. The van der Waals surface area contributed by atoms with Crippen molar-refractivity contribution in [3.8, 4) is 0 Å². The van der Waals surface area contributed by atoms with Crippen molar-refractivity contribution < 1.29 is 4.42 Å². The number of hydrogen-bond acceptors (Lipinski definition) is 3. The van der Waals surface area contributed by atoms with Crippen LogP contribution in [0.15, 0.2) is 16.7 Å². The Morgan fingerprint density at radius 1 is 1.27 bits per heavy atom. The normalized spacial score (nSPS) is 10.8. The molecule has 0 aliphatic heterocycles. The molecule has 86 valence electrons. The second kappa shape index (κ2) is 8.17. The van der Waals surface area contributed by atoms with E-state index < -0.39 is 0 Å². The molecule has 1 aromatic heterocycles. The average molecular weight is 244 g/mol. The van der Waals surface area contributed by atoms with Crippen LogP contribution in [0.1, 0.15) is 37.0 Å². The van der Waals surface area contributed by atoms with E-state index in [-0.39, 0.29) is 0 Å². The predicted octanol–water partition coefficient (Wildman–Crippen LogP) is 4.31. The summed E-state index contributed by atoms with van der Waals surface area (Å²) < 4.78 is 5.38. The fourth-order valence-electron chi connectivity index (χ4n) is 1.39. The van der Waals surface area contributed by atoms with E-state index >= 15 is 0 Å². The van der Waals surface area contributed by atoms with Gasteiger partial charge >= 0.3 is 0 Å². The zero-order chi connectivity index (χ0) is 10.9. The maximum atomic E-state index is 5.38. The van der Waals surface area contributed by atoms with Crippen LogP contribution in [0.2, 0.25) is 0 Å². The minimum Gasteiger partial charge on any atom is -0.468 e. The molecule has 1 rings (SSSR count).